The summed E-state index contributed by atoms with van der Waals surface area (Å²) in [6, 6.07) is 8.26. The third kappa shape index (κ3) is 4.32. The fraction of sp³-hybridized carbons (Fsp3) is 0.600. The third-order valence-electron chi connectivity index (χ3n) is 3.36. The van der Waals surface area contributed by atoms with E-state index in [-0.39, 0.29) is 17.1 Å². The van der Waals surface area contributed by atoms with E-state index in [1.54, 1.807) is 14.1 Å². The fourth-order valence-electron chi connectivity index (χ4n) is 1.87. The molecular weight excluding hydrogens is 258 g/mol. The summed E-state index contributed by atoms with van der Waals surface area (Å²) < 4.78 is 25.0. The standard InChI is InChI=1S/C15H25NO2S/c1-12(11-19(17,18)16(5)6)13-7-9-14(10-8-13)15(2,3)4/h7-10,12H,11H2,1-6H3. The average molecular weight is 283 g/mol. The van der Waals surface area contributed by atoms with Gasteiger partial charge in [-0.25, -0.2) is 12.7 Å². The summed E-state index contributed by atoms with van der Waals surface area (Å²) in [6.07, 6.45) is 0. The zero-order valence-electron chi connectivity index (χ0n) is 12.8. The number of hydrogen-bond donors (Lipinski definition) is 0. The molecule has 4 heteroatoms. The van der Waals surface area contributed by atoms with E-state index in [9.17, 15) is 8.42 Å². The molecule has 1 aromatic rings. The summed E-state index contributed by atoms with van der Waals surface area (Å²) in [5.41, 5.74) is 2.45. The molecule has 0 spiro atoms. The van der Waals surface area contributed by atoms with Crippen molar-refractivity contribution in [2.75, 3.05) is 19.8 Å². The Morgan fingerprint density at radius 1 is 1.11 bits per heavy atom. The fourth-order valence-corrected chi connectivity index (χ4v) is 3.00. The Bertz CT molecular complexity index is 510. The van der Waals surface area contributed by atoms with Crippen molar-refractivity contribution in [1.29, 1.82) is 0 Å². The van der Waals surface area contributed by atoms with Crippen LogP contribution in [0.4, 0.5) is 0 Å². The van der Waals surface area contributed by atoms with Gasteiger partial charge < -0.3 is 0 Å². The molecule has 1 aromatic carbocycles. The van der Waals surface area contributed by atoms with Crippen LogP contribution in [-0.4, -0.2) is 32.6 Å². The van der Waals surface area contributed by atoms with Crippen LogP contribution < -0.4 is 0 Å². The minimum atomic E-state index is -3.15. The van der Waals surface area contributed by atoms with Gasteiger partial charge in [0.1, 0.15) is 0 Å². The Kier molecular flexibility index (Phi) is 4.80. The van der Waals surface area contributed by atoms with Crippen molar-refractivity contribution >= 4 is 10.0 Å². The van der Waals surface area contributed by atoms with Gasteiger partial charge in [-0.2, -0.15) is 0 Å². The topological polar surface area (TPSA) is 37.4 Å². The molecule has 0 saturated heterocycles. The number of nitrogens with zero attached hydrogens (tertiary/aromatic N) is 1. The van der Waals surface area contributed by atoms with Crippen LogP contribution >= 0.6 is 0 Å². The first-order valence-electron chi connectivity index (χ1n) is 6.54. The van der Waals surface area contributed by atoms with E-state index in [4.69, 9.17) is 0 Å². The van der Waals surface area contributed by atoms with Gasteiger partial charge in [-0.1, -0.05) is 52.0 Å². The van der Waals surface area contributed by atoms with Gasteiger partial charge in [-0.05, 0) is 22.5 Å². The van der Waals surface area contributed by atoms with Gasteiger partial charge in [-0.15, -0.1) is 0 Å². The van der Waals surface area contributed by atoms with Crippen molar-refractivity contribution in [2.24, 2.45) is 0 Å². The minimum absolute atomic E-state index is 0.00131. The highest BCUT2D eigenvalue weighted by molar-refractivity contribution is 7.89. The smallest absolute Gasteiger partial charge is 0.212 e. The lowest BCUT2D eigenvalue weighted by atomic mass is 9.86. The van der Waals surface area contributed by atoms with E-state index in [1.165, 1.54) is 9.87 Å². The first kappa shape index (κ1) is 16.2. The van der Waals surface area contributed by atoms with Crippen LogP contribution in [0.5, 0.6) is 0 Å². The third-order valence-corrected chi connectivity index (χ3v) is 5.40. The van der Waals surface area contributed by atoms with E-state index in [0.29, 0.717) is 0 Å². The lowest BCUT2D eigenvalue weighted by Crippen LogP contribution is -2.27. The molecule has 19 heavy (non-hydrogen) atoms. The van der Waals surface area contributed by atoms with E-state index in [0.717, 1.165) is 5.56 Å². The Labute approximate surface area is 117 Å². The summed E-state index contributed by atoms with van der Waals surface area (Å²) >= 11 is 0. The van der Waals surface area contributed by atoms with Gasteiger partial charge >= 0.3 is 0 Å². The second-order valence-electron chi connectivity index (χ2n) is 6.33. The molecule has 1 rings (SSSR count). The molecule has 1 atom stereocenters. The zero-order valence-corrected chi connectivity index (χ0v) is 13.6. The summed E-state index contributed by atoms with van der Waals surface area (Å²) in [7, 11) is -0.00245. The van der Waals surface area contributed by atoms with Gasteiger partial charge in [-0.3, -0.25) is 0 Å². The summed E-state index contributed by atoms with van der Waals surface area (Å²) in [5, 5.41) is 0. The van der Waals surface area contributed by atoms with Gasteiger partial charge in [0.15, 0.2) is 0 Å². The van der Waals surface area contributed by atoms with Crippen LogP contribution in [0.15, 0.2) is 24.3 Å². The molecule has 0 radical (unpaired) electrons. The van der Waals surface area contributed by atoms with Crippen LogP contribution in [0.25, 0.3) is 0 Å². The van der Waals surface area contributed by atoms with Crippen molar-refractivity contribution < 1.29 is 8.42 Å². The molecule has 1 unspecified atom stereocenters. The van der Waals surface area contributed by atoms with E-state index >= 15 is 0 Å². The van der Waals surface area contributed by atoms with Crippen molar-refractivity contribution in [3.05, 3.63) is 35.4 Å². The Morgan fingerprint density at radius 2 is 1.58 bits per heavy atom. The molecule has 0 saturated carbocycles. The molecule has 0 heterocycles. The highest BCUT2D eigenvalue weighted by atomic mass is 32.2. The highest BCUT2D eigenvalue weighted by Crippen LogP contribution is 2.25. The zero-order chi connectivity index (χ0) is 14.8. The number of rotatable bonds is 4. The lowest BCUT2D eigenvalue weighted by Gasteiger charge is -2.21. The molecule has 0 aromatic heterocycles. The first-order valence-corrected chi connectivity index (χ1v) is 8.15. The highest BCUT2D eigenvalue weighted by Gasteiger charge is 2.20. The predicted octanol–water partition coefficient (Wildman–Crippen LogP) is 2.98. The first-order chi connectivity index (χ1) is 8.54. The normalized spacial score (nSPS) is 14.7. The maximum absolute atomic E-state index is 11.9. The number of hydrogen-bond acceptors (Lipinski definition) is 2. The van der Waals surface area contributed by atoms with Gasteiger partial charge in [0, 0.05) is 14.1 Å². The molecule has 0 aliphatic rings. The minimum Gasteiger partial charge on any atom is -0.212 e. The van der Waals surface area contributed by atoms with Crippen LogP contribution in [0.3, 0.4) is 0 Å². The summed E-state index contributed by atoms with van der Waals surface area (Å²) in [5.74, 6) is 0.149. The number of sulfonamides is 1. The molecule has 3 nitrogen and oxygen atoms in total. The van der Waals surface area contributed by atoms with E-state index in [2.05, 4.69) is 32.9 Å². The molecule has 0 aliphatic heterocycles. The van der Waals surface area contributed by atoms with Crippen LogP contribution in [-0.2, 0) is 15.4 Å². The Hall–Kier alpha value is -0.870. The van der Waals surface area contributed by atoms with Crippen molar-refractivity contribution in [3.63, 3.8) is 0 Å². The molecule has 0 fully saturated rings. The average Bonchev–Trinajstić information content (AvgIpc) is 2.27. The Morgan fingerprint density at radius 3 is 1.95 bits per heavy atom. The lowest BCUT2D eigenvalue weighted by molar-refractivity contribution is 0.516. The van der Waals surface area contributed by atoms with Gasteiger partial charge in [0.25, 0.3) is 0 Å². The molecule has 108 valence electrons. The number of benzene rings is 1. The van der Waals surface area contributed by atoms with Crippen molar-refractivity contribution in [1.82, 2.24) is 4.31 Å². The molecule has 0 bridgehead atoms. The second-order valence-corrected chi connectivity index (χ2v) is 8.56. The maximum Gasteiger partial charge on any atom is 0.214 e. The second kappa shape index (κ2) is 5.63. The maximum atomic E-state index is 11.9. The summed E-state index contributed by atoms with van der Waals surface area (Å²) in [4.78, 5) is 0. The van der Waals surface area contributed by atoms with Crippen LogP contribution in [0.2, 0.25) is 0 Å². The van der Waals surface area contributed by atoms with Gasteiger partial charge in [0.05, 0.1) is 5.75 Å². The Balaban J connectivity index is 2.88. The molecule has 0 N–H and O–H groups in total. The van der Waals surface area contributed by atoms with E-state index in [1.807, 2.05) is 19.1 Å². The SMILES string of the molecule is CC(CS(=O)(=O)N(C)C)c1ccc(C(C)(C)C)cc1. The molecule has 0 aliphatic carbocycles. The van der Waals surface area contributed by atoms with Gasteiger partial charge in [0.2, 0.25) is 10.0 Å². The summed E-state index contributed by atoms with van der Waals surface area (Å²) in [6.45, 7) is 8.46. The largest absolute Gasteiger partial charge is 0.214 e. The monoisotopic (exact) mass is 283 g/mol. The molecule has 0 amide bonds. The van der Waals surface area contributed by atoms with Crippen LogP contribution in [0, 0.1) is 0 Å². The van der Waals surface area contributed by atoms with Crippen LogP contribution in [0.1, 0.15) is 44.7 Å². The quantitative estimate of drug-likeness (QED) is 0.852. The molecular formula is C15H25NO2S. The van der Waals surface area contributed by atoms with Crippen molar-refractivity contribution in [3.8, 4) is 0 Å². The van der Waals surface area contributed by atoms with Crippen molar-refractivity contribution in [2.45, 2.75) is 39.0 Å². The van der Waals surface area contributed by atoms with E-state index < -0.39 is 10.0 Å². The predicted molar refractivity (Wildman–Crippen MR) is 81.0 cm³/mol.